The molecule has 0 saturated heterocycles. The van der Waals surface area contributed by atoms with Gasteiger partial charge in [-0.3, -0.25) is 14.4 Å². The molecule has 8 heteroatoms. The van der Waals surface area contributed by atoms with E-state index in [9.17, 15) is 14.7 Å². The van der Waals surface area contributed by atoms with Gasteiger partial charge in [-0.1, -0.05) is 11.3 Å². The second-order valence-electron chi connectivity index (χ2n) is 6.71. The van der Waals surface area contributed by atoms with Crippen LogP contribution in [0.5, 0.6) is 0 Å². The summed E-state index contributed by atoms with van der Waals surface area (Å²) in [5, 5.41) is 17.6. The number of rotatable bonds is 2. The Balaban J connectivity index is 1.81. The first-order valence-corrected chi connectivity index (χ1v) is 8.30. The van der Waals surface area contributed by atoms with Crippen molar-refractivity contribution in [1.82, 2.24) is 15.0 Å². The molecule has 1 saturated carbocycles. The predicted molar refractivity (Wildman–Crippen MR) is 91.5 cm³/mol. The van der Waals surface area contributed by atoms with Gasteiger partial charge in [0, 0.05) is 25.1 Å². The van der Waals surface area contributed by atoms with Crippen molar-refractivity contribution in [2.24, 2.45) is 13.0 Å². The molecule has 2 heterocycles. The Morgan fingerprint density at radius 1 is 1.24 bits per heavy atom. The minimum atomic E-state index is -1.03. The Labute approximate surface area is 144 Å². The van der Waals surface area contributed by atoms with E-state index < -0.39 is 6.09 Å². The van der Waals surface area contributed by atoms with Crippen molar-refractivity contribution in [3.8, 4) is 11.3 Å². The second kappa shape index (κ2) is 5.58. The Bertz CT molecular complexity index is 858. The van der Waals surface area contributed by atoms with Gasteiger partial charge in [0.2, 0.25) is 5.91 Å². The molecule has 0 spiro atoms. The maximum absolute atomic E-state index is 12.7. The first kappa shape index (κ1) is 15.6. The van der Waals surface area contributed by atoms with Crippen LogP contribution in [0.15, 0.2) is 24.4 Å². The number of hydrogen-bond acceptors (Lipinski definition) is 4. The van der Waals surface area contributed by atoms with Crippen LogP contribution in [0.4, 0.5) is 16.2 Å². The van der Waals surface area contributed by atoms with Gasteiger partial charge >= 0.3 is 6.09 Å². The van der Waals surface area contributed by atoms with E-state index in [0.717, 1.165) is 18.4 Å². The fraction of sp³-hybridized carbons (Fsp3) is 0.412. The number of aromatic nitrogens is 3. The average Bonchev–Trinajstić information content (AvgIpc) is 3.34. The van der Waals surface area contributed by atoms with Crippen LogP contribution in [-0.2, 0) is 11.8 Å². The lowest BCUT2D eigenvalue weighted by Crippen LogP contribution is -2.52. The molecule has 1 fully saturated rings. The van der Waals surface area contributed by atoms with Gasteiger partial charge < -0.3 is 10.0 Å². The summed E-state index contributed by atoms with van der Waals surface area (Å²) in [7, 11) is 1.77. The lowest BCUT2D eigenvalue weighted by atomic mass is 10.0. The van der Waals surface area contributed by atoms with Crippen molar-refractivity contribution in [2.45, 2.75) is 25.8 Å². The number of nitrogens with zero attached hydrogens (tertiary/aromatic N) is 5. The van der Waals surface area contributed by atoms with Crippen LogP contribution in [-0.4, -0.2) is 44.7 Å². The van der Waals surface area contributed by atoms with Crippen LogP contribution in [0.3, 0.4) is 0 Å². The van der Waals surface area contributed by atoms with Crippen molar-refractivity contribution in [2.75, 3.05) is 16.3 Å². The number of amides is 2. The van der Waals surface area contributed by atoms with Gasteiger partial charge in [-0.25, -0.2) is 4.79 Å². The number of anilines is 2. The highest BCUT2D eigenvalue weighted by atomic mass is 16.4. The van der Waals surface area contributed by atoms with Gasteiger partial charge in [0.25, 0.3) is 0 Å². The Morgan fingerprint density at radius 2 is 2.00 bits per heavy atom. The standard InChI is InChI=1S/C17H19N5O3/c1-10-8-21(17(24)25)15-7-12(13-9-20(2)19-18-13)5-6-14(15)22(10)16(23)11-3-4-11/h5-7,9-11H,3-4,8H2,1-2H3,(H,24,25)/t10-/m0/s1. The fourth-order valence-corrected chi connectivity index (χ4v) is 3.31. The third-order valence-corrected chi connectivity index (χ3v) is 4.71. The molecule has 0 unspecified atom stereocenters. The van der Waals surface area contributed by atoms with E-state index in [1.807, 2.05) is 19.1 Å². The lowest BCUT2D eigenvalue weighted by Gasteiger charge is -2.40. The number of hydrogen-bond donors (Lipinski definition) is 1. The smallest absolute Gasteiger partial charge is 0.411 e. The molecule has 1 aromatic heterocycles. The van der Waals surface area contributed by atoms with Gasteiger partial charge in [-0.15, -0.1) is 5.10 Å². The van der Waals surface area contributed by atoms with Crippen LogP contribution in [0, 0.1) is 5.92 Å². The van der Waals surface area contributed by atoms with Gasteiger partial charge in [-0.05, 0) is 31.9 Å². The molecule has 0 bridgehead atoms. The summed E-state index contributed by atoms with van der Waals surface area (Å²) >= 11 is 0. The normalized spacial score (nSPS) is 19.7. The Hall–Kier alpha value is -2.90. The number of benzene rings is 1. The van der Waals surface area contributed by atoms with Crippen molar-refractivity contribution in [1.29, 1.82) is 0 Å². The maximum Gasteiger partial charge on any atom is 0.411 e. The number of fused-ring (bicyclic) bond motifs is 1. The summed E-state index contributed by atoms with van der Waals surface area (Å²) in [4.78, 5) is 27.5. The third-order valence-electron chi connectivity index (χ3n) is 4.71. The molecule has 0 radical (unpaired) electrons. The fourth-order valence-electron chi connectivity index (χ4n) is 3.31. The molecular weight excluding hydrogens is 322 g/mol. The Morgan fingerprint density at radius 3 is 2.60 bits per heavy atom. The lowest BCUT2D eigenvalue weighted by molar-refractivity contribution is -0.120. The minimum Gasteiger partial charge on any atom is -0.465 e. The van der Waals surface area contributed by atoms with E-state index in [2.05, 4.69) is 10.3 Å². The van der Waals surface area contributed by atoms with Crippen molar-refractivity contribution < 1.29 is 14.7 Å². The van der Waals surface area contributed by atoms with E-state index in [1.54, 1.807) is 28.9 Å². The van der Waals surface area contributed by atoms with Gasteiger partial charge in [0.15, 0.2) is 0 Å². The molecule has 2 aromatic rings. The molecule has 8 nitrogen and oxygen atoms in total. The van der Waals surface area contributed by atoms with Crippen LogP contribution >= 0.6 is 0 Å². The zero-order valence-electron chi connectivity index (χ0n) is 14.1. The molecule has 1 aromatic carbocycles. The van der Waals surface area contributed by atoms with Crippen molar-refractivity contribution in [3.63, 3.8) is 0 Å². The number of carbonyl (C=O) groups is 2. The van der Waals surface area contributed by atoms with Crippen LogP contribution in [0.1, 0.15) is 19.8 Å². The molecule has 130 valence electrons. The third kappa shape index (κ3) is 2.63. The highest BCUT2D eigenvalue weighted by Gasteiger charge is 2.41. The minimum absolute atomic E-state index is 0.0753. The van der Waals surface area contributed by atoms with Crippen molar-refractivity contribution in [3.05, 3.63) is 24.4 Å². The predicted octanol–water partition coefficient (Wildman–Crippen LogP) is 2.11. The number of aryl methyl sites for hydroxylation is 1. The number of carboxylic acid groups (broad SMARTS) is 1. The summed E-state index contributed by atoms with van der Waals surface area (Å²) in [6.07, 6.45) is 2.57. The van der Waals surface area contributed by atoms with E-state index in [-0.39, 0.29) is 24.4 Å². The SMILES string of the molecule is C[C@H]1CN(C(=O)O)c2cc(-c3cn(C)nn3)ccc2N1C(=O)C1CC1. The summed E-state index contributed by atoms with van der Waals surface area (Å²) < 4.78 is 1.59. The molecule has 1 aliphatic carbocycles. The summed E-state index contributed by atoms with van der Waals surface area (Å²) in [6.45, 7) is 2.14. The molecule has 4 rings (SSSR count). The second-order valence-corrected chi connectivity index (χ2v) is 6.71. The highest BCUT2D eigenvalue weighted by molar-refractivity contribution is 6.04. The monoisotopic (exact) mass is 341 g/mol. The molecular formula is C17H19N5O3. The van der Waals surface area contributed by atoms with E-state index >= 15 is 0 Å². The molecule has 2 aliphatic rings. The Kier molecular flexibility index (Phi) is 3.48. The molecule has 1 aliphatic heterocycles. The highest BCUT2D eigenvalue weighted by Crippen LogP contribution is 2.41. The van der Waals surface area contributed by atoms with Crippen molar-refractivity contribution >= 4 is 23.4 Å². The van der Waals surface area contributed by atoms with Crippen LogP contribution in [0.2, 0.25) is 0 Å². The summed E-state index contributed by atoms with van der Waals surface area (Å²) in [6, 6.07) is 5.24. The van der Waals surface area contributed by atoms with Crippen LogP contribution in [0.25, 0.3) is 11.3 Å². The van der Waals surface area contributed by atoms with Gasteiger partial charge in [0.05, 0.1) is 23.6 Å². The number of carbonyl (C=O) groups excluding carboxylic acids is 1. The first-order valence-electron chi connectivity index (χ1n) is 8.30. The van der Waals surface area contributed by atoms with E-state index in [1.165, 1.54) is 4.90 Å². The zero-order chi connectivity index (χ0) is 17.7. The van der Waals surface area contributed by atoms with Gasteiger partial charge in [0.1, 0.15) is 5.69 Å². The zero-order valence-corrected chi connectivity index (χ0v) is 14.1. The molecule has 25 heavy (non-hydrogen) atoms. The molecule has 1 N–H and O–H groups in total. The summed E-state index contributed by atoms with van der Waals surface area (Å²) in [5.74, 6) is 0.164. The average molecular weight is 341 g/mol. The molecule has 2 amide bonds. The molecule has 1 atom stereocenters. The first-order chi connectivity index (χ1) is 12.0. The van der Waals surface area contributed by atoms with E-state index in [0.29, 0.717) is 17.1 Å². The quantitative estimate of drug-likeness (QED) is 0.903. The summed E-state index contributed by atoms with van der Waals surface area (Å²) in [5.41, 5.74) is 2.59. The van der Waals surface area contributed by atoms with Crippen LogP contribution < -0.4 is 9.80 Å². The maximum atomic E-state index is 12.7. The van der Waals surface area contributed by atoms with E-state index in [4.69, 9.17) is 0 Å². The van der Waals surface area contributed by atoms with Gasteiger partial charge in [-0.2, -0.15) is 0 Å². The largest absolute Gasteiger partial charge is 0.465 e. The topological polar surface area (TPSA) is 91.6 Å².